The van der Waals surface area contributed by atoms with Crippen molar-refractivity contribution in [3.05, 3.63) is 34.4 Å². The Bertz CT molecular complexity index is 665. The minimum absolute atomic E-state index is 0.0364. The van der Waals surface area contributed by atoms with Crippen molar-refractivity contribution in [3.63, 3.8) is 0 Å². The topological polar surface area (TPSA) is 35.5 Å². The summed E-state index contributed by atoms with van der Waals surface area (Å²) in [7, 11) is 1.56. The molecule has 0 aromatic heterocycles. The summed E-state index contributed by atoms with van der Waals surface area (Å²) in [5.74, 6) is 2.42. The molecule has 3 aliphatic rings. The maximum Gasteiger partial charge on any atom is 0.139 e. The highest BCUT2D eigenvalue weighted by Crippen LogP contribution is 2.59. The number of ketones is 1. The average molecular weight is 328 g/mol. The first-order chi connectivity index (χ1) is 11.5. The number of hydrogen-bond acceptors (Lipinski definition) is 3. The van der Waals surface area contributed by atoms with Crippen LogP contribution in [0.15, 0.2) is 12.1 Å². The molecule has 0 heterocycles. The first kappa shape index (κ1) is 16.3. The zero-order valence-electron chi connectivity index (χ0n) is 15.1. The fraction of sp³-hybridized carbons (Fsp3) is 0.667. The molecule has 4 rings (SSSR count). The third-order valence-corrected chi connectivity index (χ3v) is 7.22. The normalized spacial score (nSPS) is 34.6. The second-order valence-corrected chi connectivity index (χ2v) is 8.24. The van der Waals surface area contributed by atoms with Gasteiger partial charge in [-0.25, -0.2) is 9.78 Å². The molecule has 0 radical (unpaired) electrons. The van der Waals surface area contributed by atoms with Gasteiger partial charge in [-0.15, -0.1) is 0 Å². The second-order valence-electron chi connectivity index (χ2n) is 8.24. The van der Waals surface area contributed by atoms with Crippen LogP contribution in [-0.2, 0) is 27.6 Å². The predicted octanol–water partition coefficient (Wildman–Crippen LogP) is 4.50. The molecule has 130 valence electrons. The van der Waals surface area contributed by atoms with Crippen molar-refractivity contribution in [1.29, 1.82) is 0 Å². The molecule has 3 nitrogen and oxygen atoms in total. The molecule has 0 aliphatic heterocycles. The summed E-state index contributed by atoms with van der Waals surface area (Å²) >= 11 is 0. The second kappa shape index (κ2) is 5.96. The van der Waals surface area contributed by atoms with E-state index < -0.39 is 0 Å². The van der Waals surface area contributed by atoms with Gasteiger partial charge in [0, 0.05) is 11.8 Å². The van der Waals surface area contributed by atoms with Crippen molar-refractivity contribution in [2.45, 2.75) is 64.9 Å². The zero-order valence-corrected chi connectivity index (χ0v) is 15.1. The molecule has 3 aliphatic carbocycles. The molecule has 2 fully saturated rings. The van der Waals surface area contributed by atoms with Gasteiger partial charge in [-0.1, -0.05) is 19.1 Å². The number of Topliss-reactive ketones (excluding diaryl/α,β-unsaturated/α-hetero) is 1. The van der Waals surface area contributed by atoms with E-state index in [4.69, 9.17) is 9.78 Å². The lowest BCUT2D eigenvalue weighted by atomic mass is 9.55. The van der Waals surface area contributed by atoms with E-state index in [0.29, 0.717) is 30.1 Å². The Labute approximate surface area is 144 Å². The SMILES string of the molecule is COOCc1cc2c(cc1C)CCC1C2CCC2(C)C(=O)CCC12. The Morgan fingerprint density at radius 2 is 2.04 bits per heavy atom. The maximum absolute atomic E-state index is 12.4. The Hall–Kier alpha value is -1.19. The van der Waals surface area contributed by atoms with E-state index in [-0.39, 0.29) is 5.41 Å². The van der Waals surface area contributed by atoms with Crippen LogP contribution in [0.5, 0.6) is 0 Å². The number of carbonyl (C=O) groups is 1. The van der Waals surface area contributed by atoms with Crippen LogP contribution in [0.25, 0.3) is 0 Å². The van der Waals surface area contributed by atoms with Crippen LogP contribution in [0.2, 0.25) is 0 Å². The van der Waals surface area contributed by atoms with Gasteiger partial charge >= 0.3 is 0 Å². The van der Waals surface area contributed by atoms with Gasteiger partial charge in [0.05, 0.1) is 7.11 Å². The monoisotopic (exact) mass is 328 g/mol. The third kappa shape index (κ3) is 2.36. The van der Waals surface area contributed by atoms with E-state index >= 15 is 0 Å². The molecular formula is C21H28O3. The lowest BCUT2D eigenvalue weighted by Gasteiger charge is -2.48. The van der Waals surface area contributed by atoms with Gasteiger partial charge in [-0.2, -0.15) is 0 Å². The van der Waals surface area contributed by atoms with Crippen molar-refractivity contribution in [1.82, 2.24) is 0 Å². The van der Waals surface area contributed by atoms with Crippen molar-refractivity contribution in [2.75, 3.05) is 7.11 Å². The maximum atomic E-state index is 12.4. The van der Waals surface area contributed by atoms with Gasteiger partial charge in [0.2, 0.25) is 0 Å². The molecule has 2 saturated carbocycles. The summed E-state index contributed by atoms with van der Waals surface area (Å²) in [5.41, 5.74) is 5.52. The van der Waals surface area contributed by atoms with Crippen LogP contribution in [0.3, 0.4) is 0 Å². The number of fused-ring (bicyclic) bond motifs is 5. The fourth-order valence-corrected chi connectivity index (χ4v) is 5.84. The molecule has 0 saturated heterocycles. The smallest absolute Gasteiger partial charge is 0.139 e. The Kier molecular flexibility index (Phi) is 4.04. The molecule has 4 unspecified atom stereocenters. The highest BCUT2D eigenvalue weighted by atomic mass is 17.2. The van der Waals surface area contributed by atoms with Crippen molar-refractivity contribution < 1.29 is 14.6 Å². The molecule has 0 amide bonds. The van der Waals surface area contributed by atoms with Gasteiger partial charge in [0.15, 0.2) is 0 Å². The van der Waals surface area contributed by atoms with Crippen LogP contribution < -0.4 is 0 Å². The molecule has 0 spiro atoms. The fourth-order valence-electron chi connectivity index (χ4n) is 5.84. The van der Waals surface area contributed by atoms with Crippen LogP contribution >= 0.6 is 0 Å². The number of benzene rings is 1. The number of rotatable bonds is 3. The minimum atomic E-state index is -0.0364. The summed E-state index contributed by atoms with van der Waals surface area (Å²) in [4.78, 5) is 22.4. The van der Waals surface area contributed by atoms with Gasteiger partial charge in [-0.3, -0.25) is 4.79 Å². The van der Waals surface area contributed by atoms with E-state index in [1.165, 1.54) is 28.7 Å². The minimum Gasteiger partial charge on any atom is -0.299 e. The summed E-state index contributed by atoms with van der Waals surface area (Å²) in [6, 6.07) is 4.72. The molecular weight excluding hydrogens is 300 g/mol. The van der Waals surface area contributed by atoms with E-state index in [9.17, 15) is 4.79 Å². The van der Waals surface area contributed by atoms with Crippen molar-refractivity contribution in [2.24, 2.45) is 17.3 Å². The number of aryl methyl sites for hydroxylation is 2. The molecule has 24 heavy (non-hydrogen) atoms. The predicted molar refractivity (Wildman–Crippen MR) is 92.6 cm³/mol. The standard InChI is InChI=1S/C21H28O3/c1-13-10-14-4-5-17-16(18(14)11-15(13)12-24-23-3)8-9-21(2)19(17)6-7-20(21)22/h10-11,16-17,19H,4-9,12H2,1-3H3. The lowest BCUT2D eigenvalue weighted by Crippen LogP contribution is -2.42. The van der Waals surface area contributed by atoms with Crippen LogP contribution in [0.4, 0.5) is 0 Å². The summed E-state index contributed by atoms with van der Waals surface area (Å²) in [6.07, 6.45) is 6.54. The number of carbonyl (C=O) groups excluding carboxylic acids is 1. The van der Waals surface area contributed by atoms with E-state index in [2.05, 4.69) is 26.0 Å². The quantitative estimate of drug-likeness (QED) is 0.605. The Morgan fingerprint density at radius 1 is 1.21 bits per heavy atom. The van der Waals surface area contributed by atoms with Crippen LogP contribution in [0, 0.1) is 24.2 Å². The summed E-state index contributed by atoms with van der Waals surface area (Å²) < 4.78 is 0. The zero-order chi connectivity index (χ0) is 16.9. The van der Waals surface area contributed by atoms with Gasteiger partial charge in [0.25, 0.3) is 0 Å². The molecule has 4 atom stereocenters. The summed E-state index contributed by atoms with van der Waals surface area (Å²) in [5, 5.41) is 0. The van der Waals surface area contributed by atoms with Crippen molar-refractivity contribution >= 4 is 5.78 Å². The summed E-state index contributed by atoms with van der Waals surface area (Å²) in [6.45, 7) is 4.91. The molecule has 0 N–H and O–H groups in total. The van der Waals surface area contributed by atoms with Crippen LogP contribution in [0.1, 0.15) is 67.2 Å². The van der Waals surface area contributed by atoms with Crippen LogP contribution in [-0.4, -0.2) is 12.9 Å². The largest absolute Gasteiger partial charge is 0.299 e. The third-order valence-electron chi connectivity index (χ3n) is 7.22. The number of hydrogen-bond donors (Lipinski definition) is 0. The molecule has 1 aromatic rings. The van der Waals surface area contributed by atoms with Gasteiger partial charge in [-0.05, 0) is 79.0 Å². The lowest BCUT2D eigenvalue weighted by molar-refractivity contribution is -0.282. The van der Waals surface area contributed by atoms with Gasteiger partial charge in [0.1, 0.15) is 12.4 Å². The van der Waals surface area contributed by atoms with Crippen molar-refractivity contribution in [3.8, 4) is 0 Å². The highest BCUT2D eigenvalue weighted by molar-refractivity contribution is 5.87. The first-order valence-corrected chi connectivity index (χ1v) is 9.36. The van der Waals surface area contributed by atoms with E-state index in [1.807, 2.05) is 0 Å². The van der Waals surface area contributed by atoms with Gasteiger partial charge < -0.3 is 0 Å². The Morgan fingerprint density at radius 3 is 2.83 bits per heavy atom. The van der Waals surface area contributed by atoms with E-state index in [0.717, 1.165) is 32.1 Å². The molecule has 3 heteroatoms. The highest BCUT2D eigenvalue weighted by Gasteiger charge is 2.54. The molecule has 1 aromatic carbocycles. The Balaban J connectivity index is 1.68. The molecule has 0 bridgehead atoms. The average Bonchev–Trinajstić information content (AvgIpc) is 2.88. The first-order valence-electron chi connectivity index (χ1n) is 9.36. The van der Waals surface area contributed by atoms with E-state index in [1.54, 1.807) is 7.11 Å².